The number of anilines is 1. The van der Waals surface area contributed by atoms with E-state index in [0.29, 0.717) is 97.0 Å². The summed E-state index contributed by atoms with van der Waals surface area (Å²) in [7, 11) is 0. The lowest BCUT2D eigenvalue weighted by molar-refractivity contribution is -0.385. The van der Waals surface area contributed by atoms with E-state index in [4.69, 9.17) is 33.5 Å². The van der Waals surface area contributed by atoms with Gasteiger partial charge in [0, 0.05) is 61.5 Å². The molecule has 5 rings (SSSR count). The van der Waals surface area contributed by atoms with Crippen molar-refractivity contribution < 1.29 is 43.2 Å². The lowest BCUT2D eigenvalue weighted by Gasteiger charge is -2.47. The fraction of sp³-hybridized carbons (Fsp3) is 0.643. The number of fused-ring (bicyclic) bond motifs is 2. The summed E-state index contributed by atoms with van der Waals surface area (Å²) in [6.45, 7) is 11.6. The molecule has 13 heteroatoms. The zero-order chi connectivity index (χ0) is 38.9. The van der Waals surface area contributed by atoms with Gasteiger partial charge in [-0.15, -0.1) is 0 Å². The van der Waals surface area contributed by atoms with E-state index in [-0.39, 0.29) is 17.0 Å². The molecule has 2 aromatic rings. The van der Waals surface area contributed by atoms with Gasteiger partial charge in [-0.1, -0.05) is 56.7 Å². The van der Waals surface area contributed by atoms with Gasteiger partial charge in [0.05, 0.1) is 76.4 Å². The summed E-state index contributed by atoms with van der Waals surface area (Å²) in [6, 6.07) is 11.8. The third kappa shape index (κ3) is 11.7. The molecule has 1 atom stereocenters. The summed E-state index contributed by atoms with van der Waals surface area (Å²) in [5.41, 5.74) is 2.53. The van der Waals surface area contributed by atoms with Crippen molar-refractivity contribution in [2.45, 2.75) is 89.3 Å². The van der Waals surface area contributed by atoms with Crippen molar-refractivity contribution in [2.75, 3.05) is 90.6 Å². The Morgan fingerprint density at radius 2 is 1.33 bits per heavy atom. The quantitative estimate of drug-likeness (QED) is 0.120. The lowest BCUT2D eigenvalue weighted by Crippen LogP contribution is -2.59. The number of hydrogen-bond acceptors (Lipinski definition) is 11. The van der Waals surface area contributed by atoms with Gasteiger partial charge < -0.3 is 38.4 Å². The Morgan fingerprint density at radius 1 is 0.782 bits per heavy atom. The summed E-state index contributed by atoms with van der Waals surface area (Å²) in [5.74, 6) is -0.0602. The van der Waals surface area contributed by atoms with E-state index in [0.717, 1.165) is 69.2 Å². The number of aliphatic carboxylic acids is 1. The van der Waals surface area contributed by atoms with Crippen molar-refractivity contribution in [1.29, 1.82) is 0 Å². The molecule has 0 amide bonds. The van der Waals surface area contributed by atoms with Crippen molar-refractivity contribution in [3.8, 4) is 5.75 Å². The van der Waals surface area contributed by atoms with Crippen LogP contribution in [0.3, 0.4) is 0 Å². The number of nitrogens with zero attached hydrogens (tertiary/aromatic N) is 3. The number of nitro groups is 1. The minimum Gasteiger partial charge on any atom is -0.481 e. The van der Waals surface area contributed by atoms with Crippen LogP contribution in [0.1, 0.15) is 88.3 Å². The molecule has 2 aromatic carbocycles. The highest BCUT2D eigenvalue weighted by Gasteiger charge is 2.58. The molecule has 3 aliphatic heterocycles. The summed E-state index contributed by atoms with van der Waals surface area (Å²) in [6.07, 6.45) is 12.6. The highest BCUT2D eigenvalue weighted by Crippen LogP contribution is 2.55. The van der Waals surface area contributed by atoms with Gasteiger partial charge in [-0.3, -0.25) is 19.8 Å². The van der Waals surface area contributed by atoms with Gasteiger partial charge in [-0.25, -0.2) is 0 Å². The fourth-order valence-corrected chi connectivity index (χ4v) is 7.76. The maximum absolute atomic E-state index is 12.2. The Hall–Kier alpha value is -3.59. The second-order valence-electron chi connectivity index (χ2n) is 15.0. The molecule has 0 radical (unpaired) electrons. The molecule has 1 saturated heterocycles. The molecular formula is C42H61N3O10. The SMILES string of the molecule is CC1(C)c2ccccc2N(CCCCCCCCCCC(=O)O)C12C=Cc1cc([N+](=O)[O-])cc(CN3CCOCCOCCOCCOCCOCC3)c1O2. The molecule has 0 aromatic heterocycles. The van der Waals surface area contributed by atoms with E-state index in [1.165, 1.54) is 5.56 Å². The first-order chi connectivity index (χ1) is 26.7. The molecule has 55 heavy (non-hydrogen) atoms. The van der Waals surface area contributed by atoms with E-state index in [9.17, 15) is 14.9 Å². The first kappa shape index (κ1) is 42.6. The molecule has 0 aliphatic carbocycles. The van der Waals surface area contributed by atoms with Crippen molar-refractivity contribution in [1.82, 2.24) is 4.90 Å². The predicted octanol–water partition coefficient (Wildman–Crippen LogP) is 6.99. The maximum Gasteiger partial charge on any atom is 0.303 e. The van der Waals surface area contributed by atoms with Crippen molar-refractivity contribution in [3.63, 3.8) is 0 Å². The highest BCUT2D eigenvalue weighted by atomic mass is 16.6. The van der Waals surface area contributed by atoms with Crippen LogP contribution in [0, 0.1) is 10.1 Å². The van der Waals surface area contributed by atoms with Crippen LogP contribution in [0.2, 0.25) is 0 Å². The van der Waals surface area contributed by atoms with Crippen LogP contribution in [-0.4, -0.2) is 112 Å². The largest absolute Gasteiger partial charge is 0.481 e. The number of carboxylic acids is 1. The standard InChI is InChI=1S/C42H61N3O10/c1-41(2)37-13-10-11-14-38(37)44(18-12-8-6-4-3-5-7-9-15-39(46)47)42(41)17-16-34-31-36(45(48)49)32-35(40(34)55-42)33-43-19-21-50-23-25-52-27-29-54-30-28-53-26-24-51-22-20-43/h10-11,13-14,16-17,31-32H,3-9,12,15,18-30,33H2,1-2H3,(H,46,47). The molecule has 1 fully saturated rings. The van der Waals surface area contributed by atoms with Crippen molar-refractivity contribution in [2.24, 2.45) is 0 Å². The highest BCUT2D eigenvalue weighted by molar-refractivity contribution is 5.74. The summed E-state index contributed by atoms with van der Waals surface area (Å²) >= 11 is 0. The Bertz CT molecular complexity index is 1530. The van der Waals surface area contributed by atoms with E-state index in [1.807, 2.05) is 6.08 Å². The summed E-state index contributed by atoms with van der Waals surface area (Å²) in [4.78, 5) is 27.3. The second kappa shape index (κ2) is 21.6. The molecule has 13 nitrogen and oxygen atoms in total. The van der Waals surface area contributed by atoms with Crippen LogP contribution in [0.4, 0.5) is 11.4 Å². The van der Waals surface area contributed by atoms with Crippen LogP contribution < -0.4 is 9.64 Å². The number of rotatable bonds is 14. The average Bonchev–Trinajstić information content (AvgIpc) is 3.34. The van der Waals surface area contributed by atoms with E-state index in [2.05, 4.69) is 54.0 Å². The van der Waals surface area contributed by atoms with Gasteiger partial charge >= 0.3 is 5.97 Å². The van der Waals surface area contributed by atoms with Crippen LogP contribution >= 0.6 is 0 Å². The normalized spacial score (nSPS) is 21.3. The summed E-state index contributed by atoms with van der Waals surface area (Å²) in [5, 5.41) is 21.1. The topological polar surface area (TPSA) is 142 Å². The first-order valence-electron chi connectivity index (χ1n) is 20.1. The Kier molecular flexibility index (Phi) is 16.7. The van der Waals surface area contributed by atoms with Gasteiger partial charge in [0.25, 0.3) is 5.69 Å². The number of nitro benzene ring substituents is 1. The van der Waals surface area contributed by atoms with Crippen LogP contribution in [0.25, 0.3) is 6.08 Å². The molecule has 3 heterocycles. The number of unbranched alkanes of at least 4 members (excludes halogenated alkanes) is 7. The third-order valence-corrected chi connectivity index (χ3v) is 10.8. The average molecular weight is 768 g/mol. The molecule has 0 saturated carbocycles. The zero-order valence-electron chi connectivity index (χ0n) is 32.8. The number of hydrogen-bond donors (Lipinski definition) is 1. The number of carboxylic acid groups (broad SMARTS) is 1. The van der Waals surface area contributed by atoms with Gasteiger partial charge in [-0.2, -0.15) is 0 Å². The number of benzene rings is 2. The molecule has 1 N–H and O–H groups in total. The second-order valence-corrected chi connectivity index (χ2v) is 15.0. The number of carbonyl (C=O) groups is 1. The van der Waals surface area contributed by atoms with E-state index >= 15 is 0 Å². The van der Waals surface area contributed by atoms with Crippen LogP contribution in [0.5, 0.6) is 5.75 Å². The van der Waals surface area contributed by atoms with Gasteiger partial charge in [-0.05, 0) is 50.5 Å². The van der Waals surface area contributed by atoms with Crippen LogP contribution in [0.15, 0.2) is 42.5 Å². The number of non-ortho nitro benzene ring substituents is 1. The molecule has 1 spiro atoms. The third-order valence-electron chi connectivity index (χ3n) is 10.8. The minimum atomic E-state index is -0.844. The monoisotopic (exact) mass is 767 g/mol. The number of ether oxygens (including phenoxy) is 6. The van der Waals surface area contributed by atoms with Gasteiger partial charge in [0.1, 0.15) is 5.75 Å². The molecule has 3 aliphatic rings. The summed E-state index contributed by atoms with van der Waals surface area (Å²) < 4.78 is 35.9. The zero-order valence-corrected chi connectivity index (χ0v) is 32.8. The smallest absolute Gasteiger partial charge is 0.303 e. The Labute approximate surface area is 326 Å². The van der Waals surface area contributed by atoms with Crippen molar-refractivity contribution >= 4 is 23.4 Å². The minimum absolute atomic E-state index is 0.0258. The first-order valence-corrected chi connectivity index (χ1v) is 20.1. The molecule has 0 bridgehead atoms. The van der Waals surface area contributed by atoms with E-state index < -0.39 is 17.1 Å². The predicted molar refractivity (Wildman–Crippen MR) is 211 cm³/mol. The lowest BCUT2D eigenvalue weighted by atomic mass is 9.76. The van der Waals surface area contributed by atoms with Crippen molar-refractivity contribution in [3.05, 3.63) is 69.3 Å². The Morgan fingerprint density at radius 3 is 1.91 bits per heavy atom. The fourth-order valence-electron chi connectivity index (χ4n) is 7.76. The van der Waals surface area contributed by atoms with Gasteiger partial charge in [0.2, 0.25) is 5.72 Å². The van der Waals surface area contributed by atoms with Gasteiger partial charge in [0.15, 0.2) is 0 Å². The van der Waals surface area contributed by atoms with Crippen LogP contribution in [-0.2, 0) is 40.4 Å². The molecular weight excluding hydrogens is 706 g/mol. The number of para-hydroxylation sites is 1. The maximum atomic E-state index is 12.2. The molecule has 304 valence electrons. The molecule has 1 unspecified atom stereocenters. The Balaban J connectivity index is 1.32. The van der Waals surface area contributed by atoms with E-state index in [1.54, 1.807) is 12.1 Å².